The first-order valence-electron chi connectivity index (χ1n) is 33.9. The lowest BCUT2D eigenvalue weighted by atomic mass is 10.0. The molecule has 0 saturated carbocycles. The van der Waals surface area contributed by atoms with Crippen molar-refractivity contribution in [3.63, 3.8) is 0 Å². The molecule has 41 heteroatoms. The molecule has 18 amide bonds. The third-order valence-electron chi connectivity index (χ3n) is 16.9. The van der Waals surface area contributed by atoms with E-state index in [0.717, 1.165) is 28.5 Å². The van der Waals surface area contributed by atoms with Crippen LogP contribution < -0.4 is 80.6 Å². The van der Waals surface area contributed by atoms with E-state index in [2.05, 4.69) is 69.1 Å². The Kier molecular flexibility index (Phi) is 33.3. The predicted octanol–water partition coefficient (Wildman–Crippen LogP) is -8.97. The first-order chi connectivity index (χ1) is 50.5. The maximum Gasteiger partial charge on any atom is 0.245 e. The minimum atomic E-state index is -1.84. The summed E-state index contributed by atoms with van der Waals surface area (Å²) in [6, 6.07) is -4.36. The number of aromatic hydroxyl groups is 2. The highest BCUT2D eigenvalue weighted by atomic mass is 32.2. The number of fused-ring (bicyclic) bond motifs is 13. The van der Waals surface area contributed by atoms with Gasteiger partial charge in [0.05, 0.1) is 43.3 Å². The van der Waals surface area contributed by atoms with Gasteiger partial charge in [-0.3, -0.25) is 96.1 Å². The van der Waals surface area contributed by atoms with Crippen molar-refractivity contribution in [3.05, 3.63) is 59.7 Å². The number of thioether (sulfide) groups is 2. The lowest BCUT2D eigenvalue weighted by Gasteiger charge is -2.27. The van der Waals surface area contributed by atoms with Crippen molar-refractivity contribution in [2.75, 3.05) is 70.5 Å². The average Bonchev–Trinajstić information content (AvgIpc) is 1.68. The fourth-order valence-electron chi connectivity index (χ4n) is 11.0. The van der Waals surface area contributed by atoms with E-state index < -0.39 is 254 Å². The van der Waals surface area contributed by atoms with Gasteiger partial charge in [-0.25, -0.2) is 0 Å². The van der Waals surface area contributed by atoms with Crippen LogP contribution in [0.1, 0.15) is 82.3 Å². The van der Waals surface area contributed by atoms with Gasteiger partial charge >= 0.3 is 0 Å². The van der Waals surface area contributed by atoms with Crippen LogP contribution >= 0.6 is 23.5 Å². The number of hydrogen-bond donors (Lipinski definition) is 19. The predicted molar refractivity (Wildman–Crippen MR) is 373 cm³/mol. The fraction of sp³-hybridized carbons (Fsp3) is 0.538. The maximum atomic E-state index is 14.7. The first kappa shape index (κ1) is 84.4. The van der Waals surface area contributed by atoms with Crippen LogP contribution in [0.15, 0.2) is 48.5 Å². The zero-order chi connectivity index (χ0) is 77.7. The molecule has 578 valence electrons. The molecule has 11 atom stereocenters. The standard InChI is InChI=1S/C65H89N17O22S2/c1-33-55(94)77-40(22-34-8-12-36(85)13-9-34)59(98)79-43(30-84)62(101)75-38(56(95)70-26-48(67)87)7-3-5-19-68-49(88)16-20-81-53(92)24-46(64(81)103)105-31-44-57(96)71-27-51(90)69-28-52(91)74-45(63(102)72-33)32-106-47-25-54(93)82(65(47)104)21-17-50(89)73-42(29-83)61(100)76-39(6-2-4-18-66)58(97)78-41(60(99)80-44)23-35-10-14-37(86)15-11-35/h8-15,33,38-47,83-86H,2-7,16-32,66H2,1H3,(H2,67,87)(H,68,88)(H,69,90)(H,70,95)(H,71,96)(H,72,102)(H,73,89)(H,74,91)(H,75,101)(H,76,100)(H,77,94)(H,78,97)(H,79,98)(H,80,99)/t33-,38-,39-,40-,41-,42?,43-,44-,45-,46?,47?/m0/s1. The second-order valence-corrected chi connectivity index (χ2v) is 27.5. The number of nitrogens with two attached hydrogens (primary N) is 2. The van der Waals surface area contributed by atoms with Gasteiger partial charge in [0.2, 0.25) is 106 Å². The Morgan fingerprint density at radius 1 is 0.509 bits per heavy atom. The largest absolute Gasteiger partial charge is 0.508 e. The van der Waals surface area contributed by atoms with Gasteiger partial charge in [0.1, 0.15) is 65.9 Å². The van der Waals surface area contributed by atoms with Crippen LogP contribution in [-0.2, 0) is 99.1 Å². The monoisotopic (exact) mass is 1520 g/mol. The molecule has 0 spiro atoms. The number of imide groups is 2. The Morgan fingerprint density at radius 3 is 1.55 bits per heavy atom. The summed E-state index contributed by atoms with van der Waals surface area (Å²) in [6.45, 7) is -4.42. The number of benzene rings is 2. The van der Waals surface area contributed by atoms with Crippen LogP contribution in [-0.4, -0.2) is 272 Å². The van der Waals surface area contributed by atoms with Gasteiger partial charge in [-0.05, 0) is 87.4 Å². The van der Waals surface area contributed by atoms with Crippen molar-refractivity contribution < 1.29 is 107 Å². The Bertz CT molecular complexity index is 3590. The number of aliphatic hydroxyl groups is 2. The Balaban J connectivity index is 1.37. The van der Waals surface area contributed by atoms with E-state index in [1.54, 1.807) is 0 Å². The zero-order valence-electron chi connectivity index (χ0n) is 57.7. The molecule has 0 radical (unpaired) electrons. The molecule has 0 aromatic heterocycles. The number of nitrogens with zero attached hydrogens (tertiary/aromatic N) is 2. The number of primary amides is 1. The lowest BCUT2D eigenvalue weighted by molar-refractivity contribution is -0.140. The van der Waals surface area contributed by atoms with Crippen LogP contribution in [0.3, 0.4) is 0 Å². The minimum absolute atomic E-state index is 0.0535. The number of unbranched alkanes of at least 4 members (excludes halogenated alkanes) is 1. The number of carbonyl (C=O) groups is 18. The van der Waals surface area contributed by atoms with Crippen LogP contribution in [0.25, 0.3) is 0 Å². The maximum absolute atomic E-state index is 14.7. The van der Waals surface area contributed by atoms with Gasteiger partial charge in [-0.2, -0.15) is 0 Å². The molecular weight excluding hydrogens is 1430 g/mol. The number of aliphatic hydroxyl groups excluding tert-OH is 2. The zero-order valence-corrected chi connectivity index (χ0v) is 59.4. The van der Waals surface area contributed by atoms with Crippen molar-refractivity contribution >= 4 is 130 Å². The molecule has 3 unspecified atom stereocenters. The molecule has 4 aliphatic heterocycles. The molecule has 4 aliphatic rings. The highest BCUT2D eigenvalue weighted by molar-refractivity contribution is 8.01. The van der Waals surface area contributed by atoms with Crippen LogP contribution in [0.2, 0.25) is 0 Å². The van der Waals surface area contributed by atoms with Gasteiger partial charge in [0.15, 0.2) is 0 Å². The number of rotatable bonds is 13. The molecule has 39 nitrogen and oxygen atoms in total. The van der Waals surface area contributed by atoms with Gasteiger partial charge in [-0.1, -0.05) is 24.3 Å². The molecule has 4 saturated heterocycles. The van der Waals surface area contributed by atoms with Gasteiger partial charge < -0.3 is 101 Å². The Hall–Kier alpha value is -10.5. The highest BCUT2D eigenvalue weighted by Gasteiger charge is 2.43. The summed E-state index contributed by atoms with van der Waals surface area (Å²) in [5.74, 6) is -19.0. The normalized spacial score (nSPS) is 26.0. The van der Waals surface area contributed by atoms with Crippen molar-refractivity contribution in [2.45, 2.75) is 149 Å². The van der Waals surface area contributed by atoms with Gasteiger partial charge in [0, 0.05) is 69.7 Å². The van der Waals surface area contributed by atoms with E-state index in [4.69, 9.17) is 11.5 Å². The third kappa shape index (κ3) is 26.6. The van der Waals surface area contributed by atoms with E-state index in [9.17, 15) is 107 Å². The van der Waals surface area contributed by atoms with Crippen LogP contribution in [0, 0.1) is 0 Å². The number of hydrogen-bond acceptors (Lipinski definition) is 25. The van der Waals surface area contributed by atoms with E-state index in [1.165, 1.54) is 48.5 Å². The van der Waals surface area contributed by atoms with E-state index >= 15 is 0 Å². The molecule has 2 aromatic rings. The van der Waals surface area contributed by atoms with E-state index in [0.29, 0.717) is 29.3 Å². The second-order valence-electron chi connectivity index (χ2n) is 25.1. The Morgan fingerprint density at radius 2 is 0.991 bits per heavy atom. The van der Waals surface area contributed by atoms with Crippen molar-refractivity contribution in [2.24, 2.45) is 11.5 Å². The fourth-order valence-corrected chi connectivity index (χ4v) is 13.4. The number of amides is 18. The molecule has 2 aromatic carbocycles. The van der Waals surface area contributed by atoms with Crippen LogP contribution in [0.5, 0.6) is 11.5 Å². The van der Waals surface area contributed by atoms with E-state index in [-0.39, 0.29) is 69.5 Å². The minimum Gasteiger partial charge on any atom is -0.508 e. The van der Waals surface area contributed by atoms with E-state index in [1.807, 2.05) is 0 Å². The second kappa shape index (κ2) is 41.8. The number of phenols is 2. The molecule has 6 rings (SSSR count). The first-order valence-corrected chi connectivity index (χ1v) is 36.0. The summed E-state index contributed by atoms with van der Waals surface area (Å²) in [6.07, 6.45) is -2.33. The summed E-state index contributed by atoms with van der Waals surface area (Å²) in [5, 5.41) is 69.8. The summed E-state index contributed by atoms with van der Waals surface area (Å²) >= 11 is 1.40. The average molecular weight is 1520 g/mol. The molecule has 106 heavy (non-hydrogen) atoms. The molecule has 4 fully saturated rings. The van der Waals surface area contributed by atoms with Crippen molar-refractivity contribution in [1.29, 1.82) is 0 Å². The van der Waals surface area contributed by atoms with Crippen LogP contribution in [0.4, 0.5) is 0 Å². The van der Waals surface area contributed by atoms with Crippen molar-refractivity contribution in [1.82, 2.24) is 78.9 Å². The quantitative estimate of drug-likeness (QED) is 0.0503. The number of nitrogens with one attached hydrogen (secondary N) is 13. The molecule has 4 heterocycles. The summed E-state index contributed by atoms with van der Waals surface area (Å²) in [4.78, 5) is 249. The summed E-state index contributed by atoms with van der Waals surface area (Å²) < 4.78 is 0. The molecular formula is C65H89N17O22S2. The van der Waals surface area contributed by atoms with Crippen molar-refractivity contribution in [3.8, 4) is 11.5 Å². The van der Waals surface area contributed by atoms with Gasteiger partial charge in [-0.15, -0.1) is 23.5 Å². The SMILES string of the molecule is C[C@@H]1NC(=O)[C@@H]2CSC3CC(=O)N(CCC(=O)NC(CO)C(=O)N[C@@H](CCCCN)C(=O)N[C@@H](Cc4ccc(O)cc4)C(=O)N[C@@H](CSC4CC(=O)N(CCC(=O)NCCCC[C@@H](C(=O)NCC(N)=O)NC(=O)[C@H](CO)NC(=O)[C@H](Cc5ccc(O)cc5)NC1=O)C4=O)C(=O)NCC(=O)NCC(=O)N2)C3=O. The number of carbonyl (C=O) groups excluding carboxylic acids is 18. The summed E-state index contributed by atoms with van der Waals surface area (Å²) in [7, 11) is 0. The molecule has 6 bridgehead atoms. The third-order valence-corrected chi connectivity index (χ3v) is 19.5. The molecule has 0 aliphatic carbocycles. The summed E-state index contributed by atoms with van der Waals surface area (Å²) in [5.41, 5.74) is 11.6. The Labute approximate surface area is 614 Å². The topological polar surface area (TPSA) is 603 Å². The highest BCUT2D eigenvalue weighted by Crippen LogP contribution is 2.28. The smallest absolute Gasteiger partial charge is 0.245 e. The molecule has 21 N–H and O–H groups in total. The lowest BCUT2D eigenvalue weighted by Crippen LogP contribution is -2.60. The number of phenolic OH excluding ortho intramolecular Hbond substituents is 2. The van der Waals surface area contributed by atoms with Gasteiger partial charge in [0.25, 0.3) is 0 Å².